The highest BCUT2D eigenvalue weighted by Crippen LogP contribution is 2.63. The van der Waals surface area contributed by atoms with E-state index in [1.54, 1.807) is 27.7 Å². The Morgan fingerprint density at radius 2 is 0.849 bits per heavy atom. The van der Waals surface area contributed by atoms with Gasteiger partial charge in [-0.25, -0.2) is 57.3 Å². The van der Waals surface area contributed by atoms with Crippen LogP contribution >= 0.6 is 46.9 Å². The quantitative estimate of drug-likeness (QED) is 0.0194. The van der Waals surface area contributed by atoms with E-state index >= 15 is 0 Å². The summed E-state index contributed by atoms with van der Waals surface area (Å²) in [5, 5.41) is 64.7. The number of ether oxygens (including phenoxy) is 2. The summed E-state index contributed by atoms with van der Waals surface area (Å²) in [7, 11) is -33.3. The van der Waals surface area contributed by atoms with Crippen molar-refractivity contribution in [2.45, 2.75) is 194 Å². The molecule has 4 aromatic heterocycles. The molecule has 6 heterocycles. The summed E-state index contributed by atoms with van der Waals surface area (Å²) in [6.45, 7) is 7.07. The fraction of sp³-hybridized carbons (Fsp3) is 0.656. The first-order valence-electron chi connectivity index (χ1n) is 36.7. The van der Waals surface area contributed by atoms with Gasteiger partial charge in [0.15, 0.2) is 35.4 Å². The summed E-state index contributed by atoms with van der Waals surface area (Å²) in [5.41, 5.74) is 8.17. The Morgan fingerprint density at radius 1 is 0.504 bits per heavy atom. The fourth-order valence-corrected chi connectivity index (χ4v) is 17.9. The molecule has 119 heavy (non-hydrogen) atoms. The zero-order chi connectivity index (χ0) is 88.8. The number of fused-ring (bicyclic) bond motifs is 2. The number of imidazole rings is 2. The van der Waals surface area contributed by atoms with Gasteiger partial charge >= 0.3 is 46.9 Å². The van der Waals surface area contributed by atoms with Gasteiger partial charge in [0.2, 0.25) is 23.6 Å². The van der Waals surface area contributed by atoms with Gasteiger partial charge in [0.1, 0.15) is 89.8 Å². The number of rotatable bonds is 50. The standard InChI is InChI=1S/C64H102N14O35P6/c1-61(2,40(79)18-24-67-42(81)20-26-69-57(88)51(86)63(5,6)30-106-118(100,101)112-116(96,97)104-28-38-49(110-114(90,91)92)47(84)59(108-38)77-34-75-44-53(65)71-32-73-55(44)77)22-11-9-14-36-16-13-17-37(46(36)83)15-10-12-23-62(3,4)41(80)19-25-68-43(82)21-27-70-58(89)52(87)64(7,8)31-107-119(102,103)113-117(98,99)105-29-39-50(111-115(93,94)95)48(85)60(109-39)78-35-76-45-54(66)72-33-74-56(45)78/h13,16-17,32-35,38-39,47-52,59-60,83-87H,9-12,14-15,18-31H2,1-8H3,(H,67,81)(H,68,82)(H,69,88)(H,70,89)(H,96,97)(H,98,99)(H,100,101)(H,102,103)(H2,65,71,73)(H2,66,72,74)(H2,90,91,92)(H2,93,94,95). The molecule has 0 radical (unpaired) electrons. The number of phenols is 1. The predicted octanol–water partition coefficient (Wildman–Crippen LogP) is 1.63. The number of phosphoric ester groups is 6. The predicted molar refractivity (Wildman–Crippen MR) is 409 cm³/mol. The van der Waals surface area contributed by atoms with Crippen molar-refractivity contribution in [2.75, 3.05) is 64.1 Å². The van der Waals surface area contributed by atoms with Gasteiger partial charge < -0.3 is 107 Å². The number of nitrogens with two attached hydrogens (primary N) is 2. The van der Waals surface area contributed by atoms with E-state index in [4.69, 9.17) is 39.0 Å². The molecule has 49 nitrogen and oxygen atoms in total. The van der Waals surface area contributed by atoms with E-state index in [0.29, 0.717) is 51.4 Å². The van der Waals surface area contributed by atoms with Crippen LogP contribution in [0.3, 0.4) is 0 Å². The molecule has 4 amide bonds. The number of nitrogen functional groups attached to an aromatic ring is 2. The van der Waals surface area contributed by atoms with Crippen molar-refractivity contribution in [3.8, 4) is 5.75 Å². The molecule has 5 aromatic rings. The van der Waals surface area contributed by atoms with E-state index < -0.39 is 180 Å². The number of anilines is 2. The van der Waals surface area contributed by atoms with Crippen molar-refractivity contribution in [3.05, 3.63) is 54.6 Å². The number of phenolic OH excluding ortho intramolecular Hbond substituents is 1. The number of benzene rings is 1. The zero-order valence-corrected chi connectivity index (χ0v) is 71.0. The minimum atomic E-state index is -5.66. The van der Waals surface area contributed by atoms with Crippen LogP contribution in [0.1, 0.15) is 143 Å². The highest BCUT2D eigenvalue weighted by molar-refractivity contribution is 7.61. The number of nitrogens with one attached hydrogen (secondary N) is 4. The Kier molecular flexibility index (Phi) is 34.5. The van der Waals surface area contributed by atoms with Crippen molar-refractivity contribution in [3.63, 3.8) is 0 Å². The van der Waals surface area contributed by atoms with Crippen LogP contribution in [0.5, 0.6) is 5.75 Å². The van der Waals surface area contributed by atoms with E-state index in [1.807, 2.05) is 18.2 Å². The van der Waals surface area contributed by atoms with E-state index in [9.17, 15) is 121 Å². The van der Waals surface area contributed by atoms with Crippen LogP contribution in [0.2, 0.25) is 0 Å². The van der Waals surface area contributed by atoms with Crippen LogP contribution < -0.4 is 32.7 Å². The molecule has 55 heteroatoms. The maximum atomic E-state index is 13.3. The van der Waals surface area contributed by atoms with Gasteiger partial charge in [-0.3, -0.25) is 65.0 Å². The maximum absolute atomic E-state index is 13.3. The SMILES string of the molecule is CC(C)(CCCCc1cccc(CCCCC(C)(C)C(=O)CCNC(=O)CCNC(=O)C(O)C(C)(C)COP(=O)(O)OP(=O)(O)OCC2OC(n3cnc4c(N)ncnc43)C(O)C2OP(=O)(O)O)c1O)C(=O)CCNC(=O)CCNC(=O)C(O)C(C)(C)COP(=O)(O)OP(=O)(O)OCC1OC(n2cnc3c(N)ncnc32)C(O)C1OP(=O)(O)O. The highest BCUT2D eigenvalue weighted by atomic mass is 31.3. The summed E-state index contributed by atoms with van der Waals surface area (Å²) >= 11 is 0. The second-order valence-electron chi connectivity index (χ2n) is 30.6. The number of carbonyl (C=O) groups is 6. The number of hydrogen-bond acceptors (Lipinski definition) is 35. The molecule has 21 N–H and O–H groups in total. The van der Waals surface area contributed by atoms with Gasteiger partial charge in [0, 0.05) is 73.5 Å². The molecule has 0 aliphatic carbocycles. The van der Waals surface area contributed by atoms with E-state index in [1.165, 1.54) is 27.7 Å². The molecule has 0 saturated carbocycles. The van der Waals surface area contributed by atoms with Crippen molar-refractivity contribution in [1.82, 2.24) is 60.3 Å². The molecule has 2 saturated heterocycles. The van der Waals surface area contributed by atoms with Gasteiger partial charge in [-0.2, -0.15) is 8.62 Å². The van der Waals surface area contributed by atoms with Crippen LogP contribution in [0.25, 0.3) is 22.3 Å². The first-order valence-corrected chi connectivity index (χ1v) is 45.7. The topological polar surface area (TPSA) is 747 Å². The smallest absolute Gasteiger partial charge is 0.481 e. The lowest BCUT2D eigenvalue weighted by molar-refractivity contribution is -0.137. The van der Waals surface area contributed by atoms with Crippen molar-refractivity contribution in [2.24, 2.45) is 21.7 Å². The van der Waals surface area contributed by atoms with Crippen molar-refractivity contribution in [1.29, 1.82) is 0 Å². The number of Topliss-reactive ketones (excluding diaryl/α,β-unsaturated/α-hetero) is 2. The summed E-state index contributed by atoms with van der Waals surface area (Å²) in [6.07, 6.45) is -10.2. The largest absolute Gasteiger partial charge is 0.507 e. The molecule has 14 unspecified atom stereocenters. The second kappa shape index (κ2) is 41.3. The number of amides is 4. The molecule has 1 aromatic carbocycles. The molecule has 7 rings (SSSR count). The summed E-state index contributed by atoms with van der Waals surface area (Å²) in [4.78, 5) is 181. The van der Waals surface area contributed by atoms with Gasteiger partial charge in [0.25, 0.3) is 0 Å². The first-order chi connectivity index (χ1) is 55.0. The fourth-order valence-electron chi connectivity index (χ4n) is 12.3. The van der Waals surface area contributed by atoms with Crippen LogP contribution in [-0.4, -0.2) is 240 Å². The van der Waals surface area contributed by atoms with E-state index in [0.717, 1.165) is 45.6 Å². The van der Waals surface area contributed by atoms with E-state index in [2.05, 4.69) is 68.8 Å². The number of para-hydroxylation sites is 1. The van der Waals surface area contributed by atoms with Crippen LogP contribution in [0, 0.1) is 21.7 Å². The van der Waals surface area contributed by atoms with Crippen LogP contribution in [-0.2, 0) is 114 Å². The number of phosphoric acid groups is 6. The molecular formula is C64H102N14O35P6. The Labute approximate surface area is 679 Å². The minimum absolute atomic E-state index is 0.00134. The molecule has 668 valence electrons. The van der Waals surface area contributed by atoms with Gasteiger partial charge in [-0.05, 0) is 49.7 Å². The average molecular weight is 1810 g/mol. The molecule has 14 atom stereocenters. The molecular weight excluding hydrogens is 1710 g/mol. The van der Waals surface area contributed by atoms with Crippen molar-refractivity contribution < 1.29 is 166 Å². The number of ketones is 2. The summed E-state index contributed by atoms with van der Waals surface area (Å²) in [6, 6.07) is 5.46. The number of aliphatic hydroxyl groups excluding tert-OH is 4. The minimum Gasteiger partial charge on any atom is -0.507 e. The van der Waals surface area contributed by atoms with E-state index in [-0.39, 0.29) is 103 Å². The molecule has 2 aliphatic rings. The molecule has 0 spiro atoms. The average Bonchev–Trinajstić information content (AvgIpc) is 1.62. The van der Waals surface area contributed by atoms with Crippen LogP contribution in [0.15, 0.2) is 43.5 Å². The highest BCUT2D eigenvalue weighted by Gasteiger charge is 2.53. The Balaban J connectivity index is 0.716. The number of nitrogens with zero attached hydrogens (tertiary/aromatic N) is 8. The Bertz CT molecular complexity index is 4420. The number of aryl methyl sites for hydroxylation is 2. The normalized spacial score (nSPS) is 21.5. The summed E-state index contributed by atoms with van der Waals surface area (Å²) in [5.74, 6) is -3.46. The maximum Gasteiger partial charge on any atom is 0.481 e. The lowest BCUT2D eigenvalue weighted by atomic mass is 9.81. The molecule has 0 bridgehead atoms. The third kappa shape index (κ3) is 29.3. The lowest BCUT2D eigenvalue weighted by Gasteiger charge is -2.30. The molecule has 2 aliphatic heterocycles. The number of aliphatic hydroxyl groups is 4. The second-order valence-corrected chi connectivity index (χ2v) is 39.1. The number of unbranched alkanes of at least 4 members (excludes halogenated alkanes) is 2. The number of aromatic nitrogens is 8. The molecule has 2 fully saturated rings. The van der Waals surface area contributed by atoms with Crippen molar-refractivity contribution >= 4 is 116 Å². The number of aromatic hydroxyl groups is 1. The zero-order valence-electron chi connectivity index (χ0n) is 65.7. The lowest BCUT2D eigenvalue weighted by Crippen LogP contribution is -2.46. The Morgan fingerprint density at radius 3 is 1.20 bits per heavy atom. The van der Waals surface area contributed by atoms with Gasteiger partial charge in [-0.1, -0.05) is 86.4 Å². The first kappa shape index (κ1) is 99.5. The van der Waals surface area contributed by atoms with Crippen LogP contribution in [0.4, 0.5) is 11.6 Å². The number of hydrogen-bond donors (Lipinski definition) is 19. The summed E-state index contributed by atoms with van der Waals surface area (Å²) < 4.78 is 126. The van der Waals surface area contributed by atoms with Gasteiger partial charge in [-0.15, -0.1) is 0 Å². The van der Waals surface area contributed by atoms with Gasteiger partial charge in [0.05, 0.1) is 39.1 Å². The monoisotopic (exact) mass is 1810 g/mol. The third-order valence-electron chi connectivity index (χ3n) is 19.2. The number of carbonyl (C=O) groups excluding carboxylic acids is 6. The third-order valence-corrected chi connectivity index (χ3v) is 25.4. The Hall–Kier alpha value is -6.56.